The minimum atomic E-state index is -0.950. The predicted octanol–water partition coefficient (Wildman–Crippen LogP) is 1.95. The van der Waals surface area contributed by atoms with Crippen LogP contribution in [0.15, 0.2) is 40.3 Å². The molecule has 0 saturated heterocycles. The van der Waals surface area contributed by atoms with Crippen molar-refractivity contribution in [2.24, 2.45) is 11.0 Å². The summed E-state index contributed by atoms with van der Waals surface area (Å²) in [6, 6.07) is 7.53. The number of allylic oxidation sites excluding steroid dienone is 1. The van der Waals surface area contributed by atoms with Crippen molar-refractivity contribution in [2.75, 3.05) is 6.26 Å². The summed E-state index contributed by atoms with van der Waals surface area (Å²) in [7, 11) is 0. The number of carbonyl (C=O) groups is 1. The van der Waals surface area contributed by atoms with Crippen molar-refractivity contribution in [3.05, 3.63) is 35.9 Å². The monoisotopic (exact) mass is 276 g/mol. The zero-order valence-corrected chi connectivity index (χ0v) is 11.7. The molecule has 0 fully saturated rings. The molecule has 1 aliphatic heterocycles. The Kier molecular flexibility index (Phi) is 4.39. The second-order valence-electron chi connectivity index (χ2n) is 4.53. The molecule has 1 aromatic carbocycles. The van der Waals surface area contributed by atoms with E-state index in [1.54, 1.807) is 6.26 Å². The lowest BCUT2D eigenvalue weighted by atomic mass is 9.99. The van der Waals surface area contributed by atoms with Crippen LogP contribution < -0.4 is 5.43 Å². The standard InChI is InChI=1S/C14H16N2O2S/c1-10-9-14(17)16-15-13(10)8-5-11-3-6-12(7-4-11)19(2)18/h3-8,10H,9H2,1-2H3,(H,16,17). The van der Waals surface area contributed by atoms with Crippen molar-refractivity contribution in [1.29, 1.82) is 0 Å². The minimum absolute atomic E-state index is 0.0422. The number of hydrazone groups is 1. The fourth-order valence-electron chi connectivity index (χ4n) is 1.82. The number of rotatable bonds is 3. The molecule has 0 bridgehead atoms. The SMILES string of the molecule is CC1CC(=O)NN=C1C=Cc1ccc([S+](C)[O-])cc1. The zero-order valence-electron chi connectivity index (χ0n) is 10.9. The van der Waals surface area contributed by atoms with Gasteiger partial charge in [-0.25, -0.2) is 5.43 Å². The number of amides is 1. The molecule has 0 aliphatic carbocycles. The Bertz CT molecular complexity index is 521. The van der Waals surface area contributed by atoms with Crippen LogP contribution in [-0.4, -0.2) is 22.4 Å². The third-order valence-corrected chi connectivity index (χ3v) is 3.90. The fourth-order valence-corrected chi connectivity index (χ4v) is 2.34. The van der Waals surface area contributed by atoms with Gasteiger partial charge in [0, 0.05) is 12.3 Å². The Balaban J connectivity index is 2.08. The van der Waals surface area contributed by atoms with Crippen LogP contribution in [0, 0.1) is 5.92 Å². The molecule has 0 spiro atoms. The predicted molar refractivity (Wildman–Crippen MR) is 77.2 cm³/mol. The van der Waals surface area contributed by atoms with Gasteiger partial charge < -0.3 is 4.55 Å². The molecule has 2 atom stereocenters. The number of nitrogens with one attached hydrogen (secondary N) is 1. The third kappa shape index (κ3) is 3.68. The Morgan fingerprint density at radius 2 is 2.05 bits per heavy atom. The molecular formula is C14H16N2O2S. The average Bonchev–Trinajstić information content (AvgIpc) is 2.38. The fraction of sp³-hybridized carbons (Fsp3) is 0.286. The van der Waals surface area contributed by atoms with Gasteiger partial charge in [-0.1, -0.05) is 13.0 Å². The van der Waals surface area contributed by atoms with E-state index in [0.717, 1.165) is 16.2 Å². The van der Waals surface area contributed by atoms with Gasteiger partial charge in [0.1, 0.15) is 6.26 Å². The van der Waals surface area contributed by atoms with E-state index in [9.17, 15) is 9.35 Å². The lowest BCUT2D eigenvalue weighted by Crippen LogP contribution is -2.30. The van der Waals surface area contributed by atoms with Crippen LogP contribution in [0.25, 0.3) is 6.08 Å². The number of hydrogen-bond acceptors (Lipinski definition) is 3. The van der Waals surface area contributed by atoms with E-state index in [-0.39, 0.29) is 11.8 Å². The van der Waals surface area contributed by atoms with E-state index < -0.39 is 11.2 Å². The van der Waals surface area contributed by atoms with Gasteiger partial charge >= 0.3 is 0 Å². The zero-order chi connectivity index (χ0) is 13.8. The Labute approximate surface area is 115 Å². The number of hydrogen-bond donors (Lipinski definition) is 1. The van der Waals surface area contributed by atoms with Crippen LogP contribution in [0.5, 0.6) is 0 Å². The summed E-state index contributed by atoms with van der Waals surface area (Å²) < 4.78 is 11.3. The van der Waals surface area contributed by atoms with Crippen LogP contribution in [-0.2, 0) is 16.0 Å². The van der Waals surface area contributed by atoms with Crippen LogP contribution >= 0.6 is 0 Å². The van der Waals surface area contributed by atoms with Gasteiger partial charge in [0.25, 0.3) is 0 Å². The lowest BCUT2D eigenvalue weighted by molar-refractivity contribution is -0.121. The first kappa shape index (κ1) is 13.8. The highest BCUT2D eigenvalue weighted by atomic mass is 32.2. The normalized spacial score (nSPS) is 21.1. The molecule has 19 heavy (non-hydrogen) atoms. The summed E-state index contributed by atoms with van der Waals surface area (Å²) in [5.74, 6) is 0.0897. The number of nitrogens with zero attached hydrogens (tertiary/aromatic N) is 1. The molecule has 2 rings (SSSR count). The van der Waals surface area contributed by atoms with Gasteiger partial charge in [-0.3, -0.25) is 4.79 Å². The van der Waals surface area contributed by atoms with Crippen LogP contribution in [0.1, 0.15) is 18.9 Å². The molecule has 0 aromatic heterocycles. The minimum Gasteiger partial charge on any atom is -0.612 e. The summed E-state index contributed by atoms with van der Waals surface area (Å²) in [5, 5.41) is 4.03. The first-order valence-corrected chi connectivity index (χ1v) is 7.60. The van der Waals surface area contributed by atoms with Gasteiger partial charge in [0.2, 0.25) is 5.91 Å². The van der Waals surface area contributed by atoms with E-state index in [1.165, 1.54) is 0 Å². The molecular weight excluding hydrogens is 260 g/mol. The molecule has 1 aromatic rings. The quantitative estimate of drug-likeness (QED) is 0.858. The topological polar surface area (TPSA) is 64.5 Å². The third-order valence-electron chi connectivity index (χ3n) is 2.96. The molecule has 0 radical (unpaired) electrons. The highest BCUT2D eigenvalue weighted by Crippen LogP contribution is 2.14. The second kappa shape index (κ2) is 6.04. The van der Waals surface area contributed by atoms with Gasteiger partial charge in [-0.15, -0.1) is 0 Å². The molecule has 100 valence electrons. The van der Waals surface area contributed by atoms with Crippen LogP contribution in [0.2, 0.25) is 0 Å². The molecule has 0 saturated carbocycles. The maximum atomic E-state index is 11.3. The van der Waals surface area contributed by atoms with Crippen molar-refractivity contribution in [2.45, 2.75) is 18.2 Å². The molecule has 4 nitrogen and oxygen atoms in total. The van der Waals surface area contributed by atoms with E-state index >= 15 is 0 Å². The van der Waals surface area contributed by atoms with Crippen molar-refractivity contribution in [3.63, 3.8) is 0 Å². The smallest absolute Gasteiger partial charge is 0.240 e. The maximum Gasteiger partial charge on any atom is 0.240 e. The Hall–Kier alpha value is -1.59. The highest BCUT2D eigenvalue weighted by Gasteiger charge is 2.17. The molecule has 1 N–H and O–H groups in total. The summed E-state index contributed by atoms with van der Waals surface area (Å²) in [6.45, 7) is 1.98. The molecule has 2 unspecified atom stereocenters. The Morgan fingerprint density at radius 3 is 2.63 bits per heavy atom. The van der Waals surface area contributed by atoms with Crippen molar-refractivity contribution >= 4 is 28.9 Å². The van der Waals surface area contributed by atoms with Gasteiger partial charge in [-0.2, -0.15) is 5.10 Å². The maximum absolute atomic E-state index is 11.3. The first-order valence-electron chi connectivity index (χ1n) is 6.04. The summed E-state index contributed by atoms with van der Waals surface area (Å²) in [6.07, 6.45) is 5.97. The number of benzene rings is 1. The van der Waals surface area contributed by atoms with Crippen molar-refractivity contribution < 1.29 is 9.35 Å². The van der Waals surface area contributed by atoms with E-state index in [1.807, 2.05) is 43.3 Å². The van der Waals surface area contributed by atoms with E-state index in [2.05, 4.69) is 10.5 Å². The summed E-state index contributed by atoms with van der Waals surface area (Å²) >= 11 is -0.950. The summed E-state index contributed by atoms with van der Waals surface area (Å²) in [5.41, 5.74) is 4.36. The second-order valence-corrected chi connectivity index (χ2v) is 5.91. The largest absolute Gasteiger partial charge is 0.612 e. The van der Waals surface area contributed by atoms with Crippen molar-refractivity contribution in [3.8, 4) is 0 Å². The van der Waals surface area contributed by atoms with Crippen LogP contribution in [0.3, 0.4) is 0 Å². The van der Waals surface area contributed by atoms with Gasteiger partial charge in [-0.05, 0) is 47.1 Å². The lowest BCUT2D eigenvalue weighted by Gasteiger charge is -2.16. The summed E-state index contributed by atoms with van der Waals surface area (Å²) in [4.78, 5) is 11.9. The van der Waals surface area contributed by atoms with Crippen molar-refractivity contribution in [1.82, 2.24) is 5.43 Å². The molecule has 1 amide bonds. The first-order chi connectivity index (χ1) is 9.06. The van der Waals surface area contributed by atoms with E-state index in [0.29, 0.717) is 6.42 Å². The van der Waals surface area contributed by atoms with Gasteiger partial charge in [0.05, 0.1) is 5.71 Å². The van der Waals surface area contributed by atoms with Gasteiger partial charge in [0.15, 0.2) is 4.90 Å². The molecule has 1 aliphatic rings. The molecule has 1 heterocycles. The number of carbonyl (C=O) groups excluding carboxylic acids is 1. The average molecular weight is 276 g/mol. The Morgan fingerprint density at radius 1 is 1.37 bits per heavy atom. The molecule has 5 heteroatoms. The van der Waals surface area contributed by atoms with E-state index in [4.69, 9.17) is 0 Å². The highest BCUT2D eigenvalue weighted by molar-refractivity contribution is 7.90. The van der Waals surface area contributed by atoms with Crippen LogP contribution in [0.4, 0.5) is 0 Å².